The molecule has 0 aliphatic heterocycles. The van der Waals surface area contributed by atoms with Crippen molar-refractivity contribution in [3.63, 3.8) is 0 Å². The number of anilines is 2. The first-order chi connectivity index (χ1) is 12.5. The van der Waals surface area contributed by atoms with Gasteiger partial charge in [0.25, 0.3) is 0 Å². The first-order valence-electron chi connectivity index (χ1n) is 8.62. The van der Waals surface area contributed by atoms with E-state index in [2.05, 4.69) is 46.3 Å². The highest BCUT2D eigenvalue weighted by atomic mass is 16.5. The van der Waals surface area contributed by atoms with E-state index in [1.165, 1.54) is 12.7 Å². The van der Waals surface area contributed by atoms with Crippen molar-refractivity contribution in [3.8, 4) is 0 Å². The summed E-state index contributed by atoms with van der Waals surface area (Å²) < 4.78 is 4.55. The number of methoxy groups -OCH3 is 1. The standard InChI is InChI=1S/C20H26N4O2/c1-4-14(2)16-7-11-17(12-8-16)23-19(21)22-13-15-5-9-18(10-6-15)24-20(25)26-3/h5-12,14H,4,13H2,1-3H3,(H,24,25)(H3,21,22,23). The second kappa shape index (κ2) is 9.46. The molecule has 6 nitrogen and oxygen atoms in total. The number of amides is 1. The maximum Gasteiger partial charge on any atom is 0.411 e. The second-order valence-electron chi connectivity index (χ2n) is 6.07. The fourth-order valence-corrected chi connectivity index (χ4v) is 2.36. The summed E-state index contributed by atoms with van der Waals surface area (Å²) in [7, 11) is 1.33. The summed E-state index contributed by atoms with van der Waals surface area (Å²) in [6.45, 7) is 4.84. The van der Waals surface area contributed by atoms with Gasteiger partial charge >= 0.3 is 6.09 Å². The molecule has 2 rings (SSSR count). The first-order valence-corrected chi connectivity index (χ1v) is 8.62. The fourth-order valence-electron chi connectivity index (χ4n) is 2.36. The molecule has 0 saturated heterocycles. The van der Waals surface area contributed by atoms with Crippen molar-refractivity contribution in [3.05, 3.63) is 59.7 Å². The average Bonchev–Trinajstić information content (AvgIpc) is 2.67. The van der Waals surface area contributed by atoms with Gasteiger partial charge in [-0.1, -0.05) is 38.1 Å². The number of hydrogen-bond donors (Lipinski definition) is 3. The van der Waals surface area contributed by atoms with E-state index in [0.29, 0.717) is 24.1 Å². The van der Waals surface area contributed by atoms with Crippen molar-refractivity contribution in [2.24, 2.45) is 10.7 Å². The van der Waals surface area contributed by atoms with Gasteiger partial charge in [-0.3, -0.25) is 5.32 Å². The van der Waals surface area contributed by atoms with Gasteiger partial charge < -0.3 is 15.8 Å². The quantitative estimate of drug-likeness (QED) is 0.533. The Morgan fingerprint density at radius 3 is 2.23 bits per heavy atom. The van der Waals surface area contributed by atoms with Crippen LogP contribution in [0.25, 0.3) is 0 Å². The molecule has 1 amide bonds. The minimum atomic E-state index is -0.497. The Bertz CT molecular complexity index is 739. The van der Waals surface area contributed by atoms with Crippen molar-refractivity contribution in [1.29, 1.82) is 0 Å². The van der Waals surface area contributed by atoms with Crippen LogP contribution in [0, 0.1) is 0 Å². The molecule has 2 aromatic carbocycles. The van der Waals surface area contributed by atoms with Crippen molar-refractivity contribution >= 4 is 23.4 Å². The van der Waals surface area contributed by atoms with Crippen molar-refractivity contribution in [2.45, 2.75) is 32.7 Å². The van der Waals surface area contributed by atoms with E-state index in [1.807, 2.05) is 24.3 Å². The first kappa shape index (κ1) is 19.3. The van der Waals surface area contributed by atoms with E-state index in [0.717, 1.165) is 17.7 Å². The van der Waals surface area contributed by atoms with E-state index in [9.17, 15) is 4.79 Å². The van der Waals surface area contributed by atoms with Crippen LogP contribution >= 0.6 is 0 Å². The molecule has 0 spiro atoms. The average molecular weight is 354 g/mol. The van der Waals surface area contributed by atoms with E-state index in [1.54, 1.807) is 12.1 Å². The van der Waals surface area contributed by atoms with Gasteiger partial charge in [-0.25, -0.2) is 9.79 Å². The van der Waals surface area contributed by atoms with Gasteiger partial charge in [-0.05, 0) is 47.7 Å². The van der Waals surface area contributed by atoms with Crippen LogP contribution in [0.15, 0.2) is 53.5 Å². The molecule has 0 saturated carbocycles. The van der Waals surface area contributed by atoms with E-state index in [4.69, 9.17) is 5.73 Å². The topological polar surface area (TPSA) is 88.7 Å². The van der Waals surface area contributed by atoms with Crippen molar-refractivity contribution < 1.29 is 9.53 Å². The van der Waals surface area contributed by atoms with Crippen LogP contribution < -0.4 is 16.4 Å². The van der Waals surface area contributed by atoms with Crippen LogP contribution in [-0.2, 0) is 11.3 Å². The molecule has 0 aliphatic carbocycles. The van der Waals surface area contributed by atoms with Crippen LogP contribution in [0.1, 0.15) is 37.3 Å². The fraction of sp³-hybridized carbons (Fsp3) is 0.300. The monoisotopic (exact) mass is 354 g/mol. The Balaban J connectivity index is 1.90. The predicted molar refractivity (Wildman–Crippen MR) is 107 cm³/mol. The minimum absolute atomic E-state index is 0.359. The molecule has 0 bridgehead atoms. The molecule has 4 N–H and O–H groups in total. The van der Waals surface area contributed by atoms with Crippen LogP contribution in [0.4, 0.5) is 16.2 Å². The smallest absolute Gasteiger partial charge is 0.411 e. The number of hydrogen-bond acceptors (Lipinski definition) is 3. The van der Waals surface area contributed by atoms with Gasteiger partial charge in [0.05, 0.1) is 13.7 Å². The maximum atomic E-state index is 11.2. The molecule has 1 atom stereocenters. The summed E-state index contributed by atoms with van der Waals surface area (Å²) in [5, 5.41) is 5.69. The minimum Gasteiger partial charge on any atom is -0.453 e. The van der Waals surface area contributed by atoms with E-state index < -0.39 is 6.09 Å². The largest absolute Gasteiger partial charge is 0.453 e. The lowest BCUT2D eigenvalue weighted by Gasteiger charge is -2.11. The van der Waals surface area contributed by atoms with Crippen LogP contribution in [0.2, 0.25) is 0 Å². The number of nitrogens with one attached hydrogen (secondary N) is 2. The highest BCUT2D eigenvalue weighted by Gasteiger charge is 2.03. The molecule has 0 heterocycles. The van der Waals surface area contributed by atoms with E-state index >= 15 is 0 Å². The summed E-state index contributed by atoms with van der Waals surface area (Å²) in [5.41, 5.74) is 9.83. The van der Waals surface area contributed by atoms with Gasteiger partial charge in [0, 0.05) is 11.4 Å². The summed E-state index contributed by atoms with van der Waals surface area (Å²) in [5.74, 6) is 0.907. The Morgan fingerprint density at radius 1 is 1.08 bits per heavy atom. The highest BCUT2D eigenvalue weighted by Crippen LogP contribution is 2.20. The number of carbonyl (C=O) groups is 1. The van der Waals surface area contributed by atoms with Gasteiger partial charge in [-0.15, -0.1) is 0 Å². The zero-order valence-electron chi connectivity index (χ0n) is 15.5. The SMILES string of the molecule is CCC(C)c1ccc(NC(N)=NCc2ccc(NC(=O)OC)cc2)cc1. The molecule has 2 aromatic rings. The van der Waals surface area contributed by atoms with Crippen molar-refractivity contribution in [2.75, 3.05) is 17.7 Å². The summed E-state index contributed by atoms with van der Waals surface area (Å²) in [6.07, 6.45) is 0.619. The Kier molecular flexibility index (Phi) is 7.02. The number of ether oxygens (including phenoxy) is 1. The number of nitrogens with zero attached hydrogens (tertiary/aromatic N) is 1. The second-order valence-corrected chi connectivity index (χ2v) is 6.07. The van der Waals surface area contributed by atoms with Gasteiger partial charge in [0.15, 0.2) is 5.96 Å². The molecular formula is C20H26N4O2. The zero-order chi connectivity index (χ0) is 18.9. The Hall–Kier alpha value is -3.02. The molecule has 0 fully saturated rings. The number of benzene rings is 2. The number of rotatable bonds is 6. The lowest BCUT2D eigenvalue weighted by Crippen LogP contribution is -2.22. The summed E-state index contributed by atoms with van der Waals surface area (Å²) in [4.78, 5) is 15.5. The summed E-state index contributed by atoms with van der Waals surface area (Å²) in [6, 6.07) is 15.6. The third-order valence-electron chi connectivity index (χ3n) is 4.18. The number of aliphatic imine (C=N–C) groups is 1. The third kappa shape index (κ3) is 5.81. The number of carbonyl (C=O) groups excluding carboxylic acids is 1. The van der Waals surface area contributed by atoms with Crippen molar-refractivity contribution in [1.82, 2.24) is 0 Å². The van der Waals surface area contributed by atoms with Gasteiger partial charge in [0.2, 0.25) is 0 Å². The lowest BCUT2D eigenvalue weighted by atomic mass is 9.99. The molecule has 26 heavy (non-hydrogen) atoms. The molecular weight excluding hydrogens is 328 g/mol. The normalized spacial score (nSPS) is 12.3. The molecule has 0 radical (unpaired) electrons. The summed E-state index contributed by atoms with van der Waals surface area (Å²) >= 11 is 0. The Labute approximate surface area is 154 Å². The van der Waals surface area contributed by atoms with Crippen LogP contribution in [0.3, 0.4) is 0 Å². The lowest BCUT2D eigenvalue weighted by molar-refractivity contribution is 0.187. The third-order valence-corrected chi connectivity index (χ3v) is 4.18. The molecule has 1 unspecified atom stereocenters. The number of guanidine groups is 1. The molecule has 0 aliphatic rings. The van der Waals surface area contributed by atoms with E-state index in [-0.39, 0.29) is 0 Å². The zero-order valence-corrected chi connectivity index (χ0v) is 15.5. The Morgan fingerprint density at radius 2 is 1.65 bits per heavy atom. The number of nitrogens with two attached hydrogens (primary N) is 1. The molecule has 138 valence electrons. The van der Waals surface area contributed by atoms with Crippen LogP contribution in [-0.4, -0.2) is 19.2 Å². The highest BCUT2D eigenvalue weighted by molar-refractivity contribution is 5.92. The molecule has 6 heteroatoms. The predicted octanol–water partition coefficient (Wildman–Crippen LogP) is 4.31. The van der Waals surface area contributed by atoms with Gasteiger partial charge in [-0.2, -0.15) is 0 Å². The molecule has 0 aromatic heterocycles. The van der Waals surface area contributed by atoms with Gasteiger partial charge in [0.1, 0.15) is 0 Å². The maximum absolute atomic E-state index is 11.2. The van der Waals surface area contributed by atoms with Crippen LogP contribution in [0.5, 0.6) is 0 Å².